The normalized spacial score (nSPS) is 11.9. The van der Waals surface area contributed by atoms with Gasteiger partial charge in [0, 0.05) is 15.8 Å². The molecule has 1 aromatic heterocycles. The Kier molecular flexibility index (Phi) is 3.77. The fourth-order valence-corrected chi connectivity index (χ4v) is 3.20. The van der Waals surface area contributed by atoms with Gasteiger partial charge in [-0.05, 0) is 44.5 Å². The summed E-state index contributed by atoms with van der Waals surface area (Å²) in [6, 6.07) is 9.94. The molecule has 0 amide bonds. The minimum atomic E-state index is 0.168. The zero-order valence-corrected chi connectivity index (χ0v) is 12.1. The minimum absolute atomic E-state index is 0.168. The zero-order chi connectivity index (χ0) is 14.0. The maximum absolute atomic E-state index is 8.99. The number of thiophene rings is 1. The molecule has 1 heterocycles. The van der Waals surface area contributed by atoms with Crippen LogP contribution in [0.25, 0.3) is 0 Å². The zero-order valence-electron chi connectivity index (χ0n) is 11.3. The van der Waals surface area contributed by atoms with E-state index < -0.39 is 0 Å². The molecule has 0 spiro atoms. The summed E-state index contributed by atoms with van der Waals surface area (Å²) in [6.07, 6.45) is 0. The number of nitrogens with one attached hydrogen (secondary N) is 1. The highest BCUT2D eigenvalue weighted by molar-refractivity contribution is 7.12. The molecule has 0 aliphatic carbocycles. The predicted molar refractivity (Wildman–Crippen MR) is 81.4 cm³/mol. The van der Waals surface area contributed by atoms with Crippen molar-refractivity contribution in [2.45, 2.75) is 26.8 Å². The van der Waals surface area contributed by atoms with E-state index in [1.165, 1.54) is 15.3 Å². The van der Waals surface area contributed by atoms with Crippen molar-refractivity contribution in [1.29, 1.82) is 5.26 Å². The molecule has 19 heavy (non-hydrogen) atoms. The maximum Gasteiger partial charge on any atom is 0.101 e. The van der Waals surface area contributed by atoms with Crippen LogP contribution in [0.2, 0.25) is 0 Å². The maximum atomic E-state index is 8.99. The Morgan fingerprint density at radius 3 is 2.68 bits per heavy atom. The molecule has 0 fully saturated rings. The van der Waals surface area contributed by atoms with Gasteiger partial charge in [0.1, 0.15) is 6.07 Å². The number of hydrogen-bond donors (Lipinski definition) is 2. The van der Waals surface area contributed by atoms with Crippen LogP contribution in [0, 0.1) is 25.2 Å². The van der Waals surface area contributed by atoms with E-state index in [9.17, 15) is 0 Å². The number of nitrogens with two attached hydrogens (primary N) is 1. The van der Waals surface area contributed by atoms with Gasteiger partial charge in [0.05, 0.1) is 16.9 Å². The summed E-state index contributed by atoms with van der Waals surface area (Å²) < 4.78 is 0. The van der Waals surface area contributed by atoms with Gasteiger partial charge < -0.3 is 11.1 Å². The summed E-state index contributed by atoms with van der Waals surface area (Å²) in [5, 5.41) is 12.4. The molecule has 4 heteroatoms. The van der Waals surface area contributed by atoms with Gasteiger partial charge in [-0.25, -0.2) is 0 Å². The lowest BCUT2D eigenvalue weighted by atomic mass is 10.1. The lowest BCUT2D eigenvalue weighted by Crippen LogP contribution is -2.09. The molecular weight excluding hydrogens is 254 g/mol. The molecule has 0 bridgehead atoms. The van der Waals surface area contributed by atoms with Crippen LogP contribution < -0.4 is 11.1 Å². The van der Waals surface area contributed by atoms with Crippen LogP contribution in [0.15, 0.2) is 24.3 Å². The highest BCUT2D eigenvalue weighted by Crippen LogP contribution is 2.31. The average molecular weight is 271 g/mol. The molecule has 1 aromatic carbocycles. The van der Waals surface area contributed by atoms with E-state index in [-0.39, 0.29) is 6.04 Å². The van der Waals surface area contributed by atoms with Crippen LogP contribution in [-0.2, 0) is 0 Å². The summed E-state index contributed by atoms with van der Waals surface area (Å²) in [4.78, 5) is 2.62. The van der Waals surface area contributed by atoms with Crippen molar-refractivity contribution in [3.05, 3.63) is 45.1 Å². The molecule has 0 aliphatic rings. The van der Waals surface area contributed by atoms with E-state index >= 15 is 0 Å². The highest BCUT2D eigenvalue weighted by atomic mass is 32.1. The average Bonchev–Trinajstić information content (AvgIpc) is 2.71. The van der Waals surface area contributed by atoms with E-state index in [1.807, 2.05) is 12.1 Å². The Morgan fingerprint density at radius 1 is 1.37 bits per heavy atom. The van der Waals surface area contributed by atoms with E-state index in [2.05, 4.69) is 38.2 Å². The largest absolute Gasteiger partial charge is 0.396 e. The molecule has 98 valence electrons. The van der Waals surface area contributed by atoms with Crippen molar-refractivity contribution >= 4 is 22.7 Å². The summed E-state index contributed by atoms with van der Waals surface area (Å²) in [5.74, 6) is 0. The number of para-hydroxylation sites is 1. The van der Waals surface area contributed by atoms with Gasteiger partial charge in [0.2, 0.25) is 0 Å². The topological polar surface area (TPSA) is 61.8 Å². The van der Waals surface area contributed by atoms with Crippen LogP contribution >= 0.6 is 11.3 Å². The molecule has 0 aliphatic heterocycles. The van der Waals surface area contributed by atoms with Crippen molar-refractivity contribution in [2.75, 3.05) is 11.1 Å². The third-order valence-corrected chi connectivity index (χ3v) is 4.13. The Labute approximate surface area is 117 Å². The fourth-order valence-electron chi connectivity index (χ4n) is 2.18. The van der Waals surface area contributed by atoms with Crippen molar-refractivity contribution < 1.29 is 0 Å². The second-order valence-electron chi connectivity index (χ2n) is 4.61. The SMILES string of the molecule is Cc1cc(C(C)Nc2cccc(C#N)c2N)c(C)s1. The number of nitrogen functional groups attached to an aromatic ring is 1. The number of nitriles is 1. The fraction of sp³-hybridized carbons (Fsp3) is 0.267. The minimum Gasteiger partial charge on any atom is -0.396 e. The molecule has 3 nitrogen and oxygen atoms in total. The predicted octanol–water partition coefficient (Wildman–Crippen LogP) is 3.99. The van der Waals surface area contributed by atoms with Gasteiger partial charge in [0.25, 0.3) is 0 Å². The quantitative estimate of drug-likeness (QED) is 0.830. The molecule has 3 N–H and O–H groups in total. The van der Waals surface area contributed by atoms with E-state index in [0.29, 0.717) is 11.3 Å². The van der Waals surface area contributed by atoms with Gasteiger partial charge in [-0.3, -0.25) is 0 Å². The Morgan fingerprint density at radius 2 is 2.11 bits per heavy atom. The summed E-state index contributed by atoms with van der Waals surface area (Å²) in [7, 11) is 0. The number of hydrogen-bond acceptors (Lipinski definition) is 4. The van der Waals surface area contributed by atoms with Crippen molar-refractivity contribution in [3.63, 3.8) is 0 Å². The van der Waals surface area contributed by atoms with E-state index in [1.54, 1.807) is 17.4 Å². The van der Waals surface area contributed by atoms with Crippen LogP contribution in [0.4, 0.5) is 11.4 Å². The van der Waals surface area contributed by atoms with E-state index in [0.717, 1.165) is 5.69 Å². The Bertz CT molecular complexity index is 637. The number of rotatable bonds is 3. The Balaban J connectivity index is 2.27. The molecule has 0 radical (unpaired) electrons. The summed E-state index contributed by atoms with van der Waals surface area (Å²) >= 11 is 1.80. The number of benzene rings is 1. The molecule has 1 atom stereocenters. The molecule has 1 unspecified atom stereocenters. The Hall–Kier alpha value is -1.99. The van der Waals surface area contributed by atoms with Gasteiger partial charge in [-0.2, -0.15) is 5.26 Å². The molecule has 0 saturated heterocycles. The number of aryl methyl sites for hydroxylation is 2. The standard InChI is InChI=1S/C15H17N3S/c1-9-7-13(11(3)19-9)10(2)18-14-6-4-5-12(8-16)15(14)17/h4-7,10,18H,17H2,1-3H3. The van der Waals surface area contributed by atoms with Crippen LogP contribution in [0.3, 0.4) is 0 Å². The first kappa shape index (κ1) is 13.4. The van der Waals surface area contributed by atoms with Crippen molar-refractivity contribution in [1.82, 2.24) is 0 Å². The van der Waals surface area contributed by atoms with Crippen LogP contribution in [0.1, 0.15) is 33.8 Å². The van der Waals surface area contributed by atoms with Crippen LogP contribution in [0.5, 0.6) is 0 Å². The lowest BCUT2D eigenvalue weighted by molar-refractivity contribution is 0.882. The third-order valence-electron chi connectivity index (χ3n) is 3.14. The van der Waals surface area contributed by atoms with Gasteiger partial charge >= 0.3 is 0 Å². The smallest absolute Gasteiger partial charge is 0.101 e. The monoisotopic (exact) mass is 271 g/mol. The highest BCUT2D eigenvalue weighted by Gasteiger charge is 2.13. The lowest BCUT2D eigenvalue weighted by Gasteiger charge is -2.17. The molecule has 0 saturated carbocycles. The van der Waals surface area contributed by atoms with E-state index in [4.69, 9.17) is 11.0 Å². The van der Waals surface area contributed by atoms with Crippen molar-refractivity contribution in [3.8, 4) is 6.07 Å². The molecule has 2 aromatic rings. The second-order valence-corrected chi connectivity index (χ2v) is 6.07. The van der Waals surface area contributed by atoms with Gasteiger partial charge in [0.15, 0.2) is 0 Å². The summed E-state index contributed by atoms with van der Waals surface area (Å²) in [6.45, 7) is 6.34. The second kappa shape index (κ2) is 5.33. The van der Waals surface area contributed by atoms with Gasteiger partial charge in [-0.1, -0.05) is 6.07 Å². The number of nitrogens with zero attached hydrogens (tertiary/aromatic N) is 1. The van der Waals surface area contributed by atoms with Crippen LogP contribution in [-0.4, -0.2) is 0 Å². The first-order valence-electron chi connectivity index (χ1n) is 6.15. The molecule has 2 rings (SSSR count). The number of anilines is 2. The first-order valence-corrected chi connectivity index (χ1v) is 6.96. The first-order chi connectivity index (χ1) is 9.02. The molecular formula is C15H17N3S. The third kappa shape index (κ3) is 2.72. The van der Waals surface area contributed by atoms with Gasteiger partial charge in [-0.15, -0.1) is 11.3 Å². The summed E-state index contributed by atoms with van der Waals surface area (Å²) in [5.41, 5.74) is 9.10. The van der Waals surface area contributed by atoms with Crippen molar-refractivity contribution in [2.24, 2.45) is 0 Å².